The largest absolute Gasteiger partial charge is 0.395 e. The molecule has 3 heteroatoms. The first kappa shape index (κ1) is 9.71. The van der Waals surface area contributed by atoms with E-state index in [1.54, 1.807) is 11.3 Å². The van der Waals surface area contributed by atoms with E-state index in [0.29, 0.717) is 0 Å². The molecule has 0 saturated heterocycles. The molecule has 0 radical (unpaired) electrons. The molecule has 0 saturated carbocycles. The normalized spacial score (nSPS) is 13.2. The molecule has 0 aliphatic heterocycles. The Hall–Kier alpha value is -0.380. The van der Waals surface area contributed by atoms with Crippen LogP contribution in [0.15, 0.2) is 12.1 Å². The Kier molecular flexibility index (Phi) is 3.72. The molecular weight excluding hydrogens is 170 g/mol. The molecule has 0 unspecified atom stereocenters. The topological polar surface area (TPSA) is 32.3 Å². The van der Waals surface area contributed by atoms with Gasteiger partial charge in [0.05, 0.1) is 6.61 Å². The van der Waals surface area contributed by atoms with Crippen LogP contribution in [0.2, 0.25) is 0 Å². The lowest BCUT2D eigenvalue weighted by molar-refractivity contribution is 0.251. The van der Waals surface area contributed by atoms with Crippen molar-refractivity contribution in [3.8, 4) is 0 Å². The van der Waals surface area contributed by atoms with E-state index in [0.717, 1.165) is 6.54 Å². The van der Waals surface area contributed by atoms with Gasteiger partial charge in [0.15, 0.2) is 0 Å². The molecule has 1 aromatic heterocycles. The molecule has 0 aliphatic carbocycles. The van der Waals surface area contributed by atoms with E-state index in [4.69, 9.17) is 5.11 Å². The molecule has 0 aromatic carbocycles. The standard InChI is InChI=1S/C9H15NOS/c1-7(6-11)10-5-9-4-3-8(2)12-9/h3-4,7,10-11H,5-6H2,1-2H3/t7-/m0/s1. The van der Waals surface area contributed by atoms with Crippen LogP contribution in [0.4, 0.5) is 0 Å². The van der Waals surface area contributed by atoms with Gasteiger partial charge in [-0.2, -0.15) is 0 Å². The van der Waals surface area contributed by atoms with E-state index in [9.17, 15) is 0 Å². The van der Waals surface area contributed by atoms with Gasteiger partial charge in [0.1, 0.15) is 0 Å². The fraction of sp³-hybridized carbons (Fsp3) is 0.556. The summed E-state index contributed by atoms with van der Waals surface area (Å²) in [6.07, 6.45) is 0. The second-order valence-corrected chi connectivity index (χ2v) is 4.35. The smallest absolute Gasteiger partial charge is 0.0582 e. The second kappa shape index (κ2) is 4.60. The minimum atomic E-state index is 0.187. The molecule has 1 atom stereocenters. The average molecular weight is 185 g/mol. The lowest BCUT2D eigenvalue weighted by atomic mass is 10.3. The number of rotatable bonds is 4. The van der Waals surface area contributed by atoms with Crippen molar-refractivity contribution in [2.75, 3.05) is 6.61 Å². The summed E-state index contributed by atoms with van der Waals surface area (Å²) >= 11 is 1.80. The number of hydrogen-bond acceptors (Lipinski definition) is 3. The fourth-order valence-electron chi connectivity index (χ4n) is 0.920. The predicted molar refractivity (Wildman–Crippen MR) is 52.4 cm³/mol. The summed E-state index contributed by atoms with van der Waals surface area (Å²) < 4.78 is 0. The van der Waals surface area contributed by atoms with Gasteiger partial charge in [-0.1, -0.05) is 0 Å². The Labute approximate surface area is 77.2 Å². The fourth-order valence-corrected chi connectivity index (χ4v) is 1.76. The Balaban J connectivity index is 2.33. The molecule has 0 fully saturated rings. The van der Waals surface area contributed by atoms with E-state index in [2.05, 4.69) is 24.4 Å². The Morgan fingerprint density at radius 1 is 1.58 bits per heavy atom. The first-order valence-electron chi connectivity index (χ1n) is 4.12. The maximum Gasteiger partial charge on any atom is 0.0582 e. The van der Waals surface area contributed by atoms with Crippen molar-refractivity contribution >= 4 is 11.3 Å². The predicted octanol–water partition coefficient (Wildman–Crippen LogP) is 1.53. The molecule has 1 aromatic rings. The number of aliphatic hydroxyl groups is 1. The molecule has 0 aliphatic rings. The zero-order valence-corrected chi connectivity index (χ0v) is 8.32. The van der Waals surface area contributed by atoms with Gasteiger partial charge in [-0.25, -0.2) is 0 Å². The lowest BCUT2D eigenvalue weighted by Crippen LogP contribution is -2.28. The summed E-state index contributed by atoms with van der Waals surface area (Å²) in [6.45, 7) is 5.13. The minimum Gasteiger partial charge on any atom is -0.395 e. The number of aliphatic hydroxyl groups excluding tert-OH is 1. The molecule has 12 heavy (non-hydrogen) atoms. The third-order valence-electron chi connectivity index (χ3n) is 1.69. The van der Waals surface area contributed by atoms with Crippen molar-refractivity contribution in [1.82, 2.24) is 5.32 Å². The van der Waals surface area contributed by atoms with Crippen LogP contribution < -0.4 is 5.32 Å². The highest BCUT2D eigenvalue weighted by atomic mass is 32.1. The van der Waals surface area contributed by atoms with Gasteiger partial charge in [-0.15, -0.1) is 11.3 Å². The van der Waals surface area contributed by atoms with Gasteiger partial charge in [0.25, 0.3) is 0 Å². The molecule has 68 valence electrons. The van der Waals surface area contributed by atoms with Crippen molar-refractivity contribution < 1.29 is 5.11 Å². The third-order valence-corrected chi connectivity index (χ3v) is 2.70. The van der Waals surface area contributed by atoms with E-state index < -0.39 is 0 Å². The maximum absolute atomic E-state index is 8.76. The van der Waals surface area contributed by atoms with Crippen molar-refractivity contribution in [3.05, 3.63) is 21.9 Å². The van der Waals surface area contributed by atoms with E-state index in [-0.39, 0.29) is 12.6 Å². The van der Waals surface area contributed by atoms with E-state index in [1.807, 2.05) is 6.92 Å². The highest BCUT2D eigenvalue weighted by Gasteiger charge is 2.00. The Morgan fingerprint density at radius 3 is 2.83 bits per heavy atom. The highest BCUT2D eigenvalue weighted by Crippen LogP contribution is 2.14. The molecule has 2 nitrogen and oxygen atoms in total. The van der Waals surface area contributed by atoms with Crippen LogP contribution in [0.3, 0.4) is 0 Å². The molecule has 0 spiro atoms. The van der Waals surface area contributed by atoms with Crippen LogP contribution >= 0.6 is 11.3 Å². The van der Waals surface area contributed by atoms with Crippen LogP contribution in [0.1, 0.15) is 16.7 Å². The van der Waals surface area contributed by atoms with Crippen molar-refractivity contribution in [3.63, 3.8) is 0 Å². The van der Waals surface area contributed by atoms with Gasteiger partial charge in [0.2, 0.25) is 0 Å². The quantitative estimate of drug-likeness (QED) is 0.745. The second-order valence-electron chi connectivity index (χ2n) is 2.98. The number of thiophene rings is 1. The minimum absolute atomic E-state index is 0.187. The summed E-state index contributed by atoms with van der Waals surface area (Å²) in [6, 6.07) is 4.43. The van der Waals surface area contributed by atoms with Gasteiger partial charge in [-0.05, 0) is 26.0 Å². The first-order valence-corrected chi connectivity index (χ1v) is 4.93. The van der Waals surface area contributed by atoms with Crippen molar-refractivity contribution in [2.45, 2.75) is 26.4 Å². The molecule has 0 amide bonds. The van der Waals surface area contributed by atoms with E-state index >= 15 is 0 Å². The summed E-state index contributed by atoms with van der Waals surface area (Å²) in [7, 11) is 0. The van der Waals surface area contributed by atoms with Crippen LogP contribution in [-0.4, -0.2) is 17.8 Å². The van der Waals surface area contributed by atoms with Crippen LogP contribution in [0, 0.1) is 6.92 Å². The van der Waals surface area contributed by atoms with E-state index in [1.165, 1.54) is 9.75 Å². The van der Waals surface area contributed by atoms with Crippen LogP contribution in [0.5, 0.6) is 0 Å². The molecule has 1 rings (SSSR count). The molecule has 2 N–H and O–H groups in total. The average Bonchev–Trinajstić information content (AvgIpc) is 2.47. The van der Waals surface area contributed by atoms with Gasteiger partial charge < -0.3 is 10.4 Å². The zero-order chi connectivity index (χ0) is 8.97. The first-order chi connectivity index (χ1) is 5.72. The molecular formula is C9H15NOS. The monoisotopic (exact) mass is 185 g/mol. The molecule has 1 heterocycles. The van der Waals surface area contributed by atoms with Crippen molar-refractivity contribution in [2.24, 2.45) is 0 Å². The lowest BCUT2D eigenvalue weighted by Gasteiger charge is -2.08. The van der Waals surface area contributed by atoms with Gasteiger partial charge in [-0.3, -0.25) is 0 Å². The summed E-state index contributed by atoms with van der Waals surface area (Å²) in [5.74, 6) is 0. The third kappa shape index (κ3) is 2.93. The molecule has 0 bridgehead atoms. The highest BCUT2D eigenvalue weighted by molar-refractivity contribution is 7.11. The summed E-state index contributed by atoms with van der Waals surface area (Å²) in [5, 5.41) is 12.0. The van der Waals surface area contributed by atoms with Gasteiger partial charge in [0, 0.05) is 22.3 Å². The number of hydrogen-bond donors (Lipinski definition) is 2. The van der Waals surface area contributed by atoms with Crippen LogP contribution in [0.25, 0.3) is 0 Å². The van der Waals surface area contributed by atoms with Crippen LogP contribution in [-0.2, 0) is 6.54 Å². The summed E-state index contributed by atoms with van der Waals surface area (Å²) in [4.78, 5) is 2.66. The zero-order valence-electron chi connectivity index (χ0n) is 7.50. The van der Waals surface area contributed by atoms with Gasteiger partial charge >= 0.3 is 0 Å². The number of nitrogens with one attached hydrogen (secondary N) is 1. The number of aryl methyl sites for hydroxylation is 1. The van der Waals surface area contributed by atoms with Crippen molar-refractivity contribution in [1.29, 1.82) is 0 Å². The maximum atomic E-state index is 8.76. The summed E-state index contributed by atoms with van der Waals surface area (Å²) in [5.41, 5.74) is 0. The SMILES string of the molecule is Cc1ccc(CN[C@@H](C)CO)s1. The Bertz CT molecular complexity index is 234. The Morgan fingerprint density at radius 2 is 2.33 bits per heavy atom.